The number of aromatic nitrogens is 2. The third-order valence-corrected chi connectivity index (χ3v) is 4.03. The molecule has 1 aliphatic heterocycles. The number of ether oxygens (including phenoxy) is 1. The molecule has 7 nitrogen and oxygen atoms in total. The van der Waals surface area contributed by atoms with Gasteiger partial charge in [-0.2, -0.15) is 0 Å². The number of imidazole rings is 1. The zero-order valence-corrected chi connectivity index (χ0v) is 14.3. The Kier molecular flexibility index (Phi) is 5.76. The van der Waals surface area contributed by atoms with Crippen molar-refractivity contribution in [3.05, 3.63) is 17.7 Å². The Bertz CT molecular complexity index is 568. The number of rotatable bonds is 6. The molecule has 23 heavy (non-hydrogen) atoms. The molecular formula is C16H26N4O3. The summed E-state index contributed by atoms with van der Waals surface area (Å²) in [6.45, 7) is 8.20. The quantitative estimate of drug-likeness (QED) is 0.784. The van der Waals surface area contributed by atoms with Crippen LogP contribution in [0.15, 0.2) is 6.20 Å². The van der Waals surface area contributed by atoms with Crippen molar-refractivity contribution in [1.82, 2.24) is 19.8 Å². The summed E-state index contributed by atoms with van der Waals surface area (Å²) in [5.41, 5.74) is 0.737. The van der Waals surface area contributed by atoms with Gasteiger partial charge in [0.1, 0.15) is 5.82 Å². The number of carbonyl (C=O) groups is 2. The molecule has 1 aromatic rings. The fourth-order valence-electron chi connectivity index (χ4n) is 2.78. The summed E-state index contributed by atoms with van der Waals surface area (Å²) in [7, 11) is 1.60. The lowest BCUT2D eigenvalue weighted by atomic mass is 10.1. The highest BCUT2D eigenvalue weighted by atomic mass is 16.5. The summed E-state index contributed by atoms with van der Waals surface area (Å²) in [6.07, 6.45) is 2.16. The zero-order chi connectivity index (χ0) is 17.0. The Balaban J connectivity index is 2.03. The van der Waals surface area contributed by atoms with Crippen LogP contribution in [0.25, 0.3) is 0 Å². The summed E-state index contributed by atoms with van der Waals surface area (Å²) in [5.74, 6) is 0.904. The summed E-state index contributed by atoms with van der Waals surface area (Å²) in [6, 6.07) is -0.0658. The first-order valence-corrected chi connectivity index (χ1v) is 8.06. The molecule has 2 rings (SSSR count). The maximum Gasteiger partial charge on any atom is 0.226 e. The molecule has 2 amide bonds. The van der Waals surface area contributed by atoms with Crippen molar-refractivity contribution in [1.29, 1.82) is 0 Å². The van der Waals surface area contributed by atoms with Crippen molar-refractivity contribution in [3.8, 4) is 0 Å². The third kappa shape index (κ3) is 4.10. The van der Waals surface area contributed by atoms with E-state index >= 15 is 0 Å². The molecule has 0 aliphatic carbocycles. The number of nitrogens with one attached hydrogen (secondary N) is 1. The van der Waals surface area contributed by atoms with Gasteiger partial charge in [-0.25, -0.2) is 4.98 Å². The second kappa shape index (κ2) is 7.59. The van der Waals surface area contributed by atoms with Gasteiger partial charge in [-0.15, -0.1) is 0 Å². The van der Waals surface area contributed by atoms with Gasteiger partial charge in [0.05, 0.1) is 24.8 Å². The van der Waals surface area contributed by atoms with Crippen LogP contribution in [0.1, 0.15) is 38.3 Å². The van der Waals surface area contributed by atoms with Crippen molar-refractivity contribution in [2.24, 2.45) is 5.92 Å². The number of hydrogen-bond donors (Lipinski definition) is 1. The van der Waals surface area contributed by atoms with Crippen molar-refractivity contribution in [2.45, 2.75) is 39.8 Å². The highest BCUT2D eigenvalue weighted by Gasteiger charge is 2.30. The first-order chi connectivity index (χ1) is 10.9. The molecule has 0 aromatic carbocycles. The molecule has 2 heterocycles. The molecule has 0 bridgehead atoms. The van der Waals surface area contributed by atoms with Crippen molar-refractivity contribution >= 4 is 11.8 Å². The average Bonchev–Trinajstić information content (AvgIpc) is 2.90. The van der Waals surface area contributed by atoms with Crippen LogP contribution in [-0.2, 0) is 27.3 Å². The Hall–Kier alpha value is -1.89. The molecular weight excluding hydrogens is 296 g/mol. The molecule has 1 unspecified atom stereocenters. The SMILES string of the molecule is COCCNC(=O)Cc1cn2c(n1)C(C)N(C(=O)C(C)C)CC2. The molecule has 7 heteroatoms. The largest absolute Gasteiger partial charge is 0.383 e. The van der Waals surface area contributed by atoms with E-state index in [9.17, 15) is 9.59 Å². The summed E-state index contributed by atoms with van der Waals surface area (Å²) in [4.78, 5) is 30.6. The van der Waals surface area contributed by atoms with Gasteiger partial charge < -0.3 is 19.5 Å². The number of amides is 2. The predicted octanol–water partition coefficient (Wildman–Crippen LogP) is 0.747. The van der Waals surface area contributed by atoms with Crippen molar-refractivity contribution in [3.63, 3.8) is 0 Å². The summed E-state index contributed by atoms with van der Waals surface area (Å²) >= 11 is 0. The standard InChI is InChI=1S/C16H26N4O3/c1-11(2)16(22)20-7-6-19-10-13(18-15(19)12(20)3)9-14(21)17-5-8-23-4/h10-12H,5-9H2,1-4H3,(H,17,21). The molecule has 0 saturated carbocycles. The van der Waals surface area contributed by atoms with Crippen LogP contribution < -0.4 is 5.32 Å². The van der Waals surface area contributed by atoms with Crippen LogP contribution >= 0.6 is 0 Å². The lowest BCUT2D eigenvalue weighted by Crippen LogP contribution is -2.42. The van der Waals surface area contributed by atoms with Crippen LogP contribution in [0.4, 0.5) is 0 Å². The van der Waals surface area contributed by atoms with E-state index in [1.807, 2.05) is 36.4 Å². The summed E-state index contributed by atoms with van der Waals surface area (Å²) < 4.78 is 6.95. The van der Waals surface area contributed by atoms with Gasteiger partial charge in [-0.05, 0) is 6.92 Å². The molecule has 0 fully saturated rings. The Labute approximate surface area is 137 Å². The normalized spacial score (nSPS) is 17.3. The average molecular weight is 322 g/mol. The second-order valence-corrected chi connectivity index (χ2v) is 6.17. The van der Waals surface area contributed by atoms with Crippen LogP contribution in [0.3, 0.4) is 0 Å². The van der Waals surface area contributed by atoms with E-state index in [0.29, 0.717) is 19.7 Å². The lowest BCUT2D eigenvalue weighted by molar-refractivity contribution is -0.137. The smallest absolute Gasteiger partial charge is 0.226 e. The minimum Gasteiger partial charge on any atom is -0.383 e. The monoisotopic (exact) mass is 322 g/mol. The van der Waals surface area contributed by atoms with Gasteiger partial charge in [-0.1, -0.05) is 13.8 Å². The van der Waals surface area contributed by atoms with E-state index in [-0.39, 0.29) is 30.2 Å². The molecule has 1 atom stereocenters. The van der Waals surface area contributed by atoms with E-state index in [2.05, 4.69) is 10.3 Å². The first-order valence-electron chi connectivity index (χ1n) is 8.06. The van der Waals surface area contributed by atoms with E-state index in [1.54, 1.807) is 7.11 Å². The van der Waals surface area contributed by atoms with Crippen LogP contribution in [-0.4, -0.2) is 53.1 Å². The Morgan fingerprint density at radius 3 is 2.83 bits per heavy atom. The van der Waals surface area contributed by atoms with Gasteiger partial charge in [0, 0.05) is 38.9 Å². The van der Waals surface area contributed by atoms with Crippen molar-refractivity contribution < 1.29 is 14.3 Å². The maximum atomic E-state index is 12.3. The second-order valence-electron chi connectivity index (χ2n) is 6.17. The molecule has 1 N–H and O–H groups in total. The van der Waals surface area contributed by atoms with Gasteiger partial charge in [0.2, 0.25) is 11.8 Å². The summed E-state index contributed by atoms with van der Waals surface area (Å²) in [5, 5.41) is 2.79. The molecule has 1 aliphatic rings. The number of fused-ring (bicyclic) bond motifs is 1. The van der Waals surface area contributed by atoms with Crippen molar-refractivity contribution in [2.75, 3.05) is 26.8 Å². The van der Waals surface area contributed by atoms with Crippen LogP contribution in [0, 0.1) is 5.92 Å². The van der Waals surface area contributed by atoms with E-state index in [0.717, 1.165) is 18.1 Å². The molecule has 0 radical (unpaired) electrons. The van der Waals surface area contributed by atoms with Gasteiger partial charge in [-0.3, -0.25) is 9.59 Å². The topological polar surface area (TPSA) is 76.5 Å². The third-order valence-electron chi connectivity index (χ3n) is 4.03. The minimum absolute atomic E-state index is 0.0232. The van der Waals surface area contributed by atoms with E-state index in [1.165, 1.54) is 0 Å². The minimum atomic E-state index is -0.0692. The maximum absolute atomic E-state index is 12.3. The Morgan fingerprint density at radius 2 is 2.17 bits per heavy atom. The molecule has 1 aromatic heterocycles. The highest BCUT2D eigenvalue weighted by molar-refractivity contribution is 5.79. The molecule has 0 spiro atoms. The fraction of sp³-hybridized carbons (Fsp3) is 0.688. The highest BCUT2D eigenvalue weighted by Crippen LogP contribution is 2.26. The van der Waals surface area contributed by atoms with Gasteiger partial charge in [0.15, 0.2) is 0 Å². The number of nitrogens with zero attached hydrogens (tertiary/aromatic N) is 3. The lowest BCUT2D eigenvalue weighted by Gasteiger charge is -2.34. The van der Waals surface area contributed by atoms with E-state index in [4.69, 9.17) is 4.74 Å². The number of hydrogen-bond acceptors (Lipinski definition) is 4. The fourth-order valence-corrected chi connectivity index (χ4v) is 2.78. The zero-order valence-electron chi connectivity index (χ0n) is 14.3. The first kappa shape index (κ1) is 17.5. The Morgan fingerprint density at radius 1 is 1.43 bits per heavy atom. The van der Waals surface area contributed by atoms with Gasteiger partial charge in [0.25, 0.3) is 0 Å². The van der Waals surface area contributed by atoms with Crippen LogP contribution in [0.5, 0.6) is 0 Å². The molecule has 128 valence electrons. The van der Waals surface area contributed by atoms with E-state index < -0.39 is 0 Å². The van der Waals surface area contributed by atoms with Crippen LogP contribution in [0.2, 0.25) is 0 Å². The van der Waals surface area contributed by atoms with Gasteiger partial charge >= 0.3 is 0 Å². The predicted molar refractivity (Wildman–Crippen MR) is 85.8 cm³/mol. The molecule has 0 saturated heterocycles. The number of methoxy groups -OCH3 is 1. The number of carbonyl (C=O) groups excluding carboxylic acids is 2.